The minimum atomic E-state index is -4.90. The number of halogens is 2. The number of hydrogen-bond acceptors (Lipinski definition) is 0. The van der Waals surface area contributed by atoms with E-state index >= 15 is 0 Å². The summed E-state index contributed by atoms with van der Waals surface area (Å²) >= 11 is -4.90. The van der Waals surface area contributed by atoms with Gasteiger partial charge < -0.3 is 0 Å². The second-order valence-corrected chi connectivity index (χ2v) is 34.4. The Kier molecular flexibility index (Phi) is 11.5. The van der Waals surface area contributed by atoms with Crippen molar-refractivity contribution < 1.29 is 18.3 Å². The SMILES string of the molecule is Cl.Cl.[CH2]=[Zr]([CH3])([C]1=CC(C(C)(C)C)=CC1C)([c]1ccc2ccccc2c1)[c]1c2c(cc(C(C)(C)C)c1-c1ccccc1)-c1cc(C(C)(C)C)c(-c3ccccc3)cc1C2. The topological polar surface area (TPSA) is 0 Å². The van der Waals surface area contributed by atoms with Crippen molar-refractivity contribution in [3.8, 4) is 33.4 Å². The molecular formula is C55H62Cl2Zr. The summed E-state index contributed by atoms with van der Waals surface area (Å²) in [4.78, 5) is 0. The number of fused-ring (bicyclic) bond motifs is 4. The molecule has 3 heteroatoms. The van der Waals surface area contributed by atoms with Gasteiger partial charge in [-0.25, -0.2) is 0 Å². The second-order valence-electron chi connectivity index (χ2n) is 20.5. The van der Waals surface area contributed by atoms with E-state index in [1.807, 2.05) is 0 Å². The normalized spacial score (nSPS) is 15.6. The van der Waals surface area contributed by atoms with Gasteiger partial charge in [-0.3, -0.25) is 0 Å². The Bertz CT molecular complexity index is 2670. The van der Waals surface area contributed by atoms with E-state index in [0.29, 0.717) is 0 Å². The molecule has 0 amide bonds. The molecule has 8 rings (SSSR count). The van der Waals surface area contributed by atoms with E-state index in [-0.39, 0.29) is 47.0 Å². The molecule has 0 N–H and O–H groups in total. The van der Waals surface area contributed by atoms with Crippen LogP contribution in [0.25, 0.3) is 44.2 Å². The van der Waals surface area contributed by atoms with Gasteiger partial charge in [-0.15, -0.1) is 24.8 Å². The molecular weight excluding hydrogens is 823 g/mol. The van der Waals surface area contributed by atoms with Crippen LogP contribution < -0.4 is 6.54 Å². The fourth-order valence-corrected chi connectivity index (χ4v) is 24.5. The molecule has 0 aromatic heterocycles. The van der Waals surface area contributed by atoms with Crippen LogP contribution in [0.5, 0.6) is 0 Å². The second kappa shape index (κ2) is 15.1. The molecule has 6 aromatic carbocycles. The summed E-state index contributed by atoms with van der Waals surface area (Å²) in [5, 5.41) is 2.57. The van der Waals surface area contributed by atoms with Crippen molar-refractivity contribution in [2.75, 3.05) is 0 Å². The third-order valence-electron chi connectivity index (χ3n) is 13.2. The average molecular weight is 885 g/mol. The van der Waals surface area contributed by atoms with E-state index in [4.69, 9.17) is 4.21 Å². The molecule has 1 unspecified atom stereocenters. The van der Waals surface area contributed by atoms with E-state index in [9.17, 15) is 0 Å². The number of hydrogen-bond donors (Lipinski definition) is 0. The van der Waals surface area contributed by atoms with Crippen molar-refractivity contribution in [2.45, 2.75) is 91.1 Å². The summed E-state index contributed by atoms with van der Waals surface area (Å²) in [6.45, 7) is 23.9. The van der Waals surface area contributed by atoms with E-state index in [1.165, 1.54) is 75.3 Å². The van der Waals surface area contributed by atoms with Crippen LogP contribution in [0.1, 0.15) is 91.5 Å². The Labute approximate surface area is 362 Å². The van der Waals surface area contributed by atoms with Crippen LogP contribution in [-0.4, -0.2) is 4.21 Å². The number of rotatable bonds is 5. The number of allylic oxidation sites excluding steroid dienone is 4. The molecule has 0 spiro atoms. The molecule has 0 bridgehead atoms. The van der Waals surface area contributed by atoms with Crippen molar-refractivity contribution in [3.63, 3.8) is 0 Å². The molecule has 0 radical (unpaired) electrons. The molecule has 300 valence electrons. The summed E-state index contributed by atoms with van der Waals surface area (Å²) in [7, 11) is 0. The molecule has 2 aliphatic rings. The van der Waals surface area contributed by atoms with Crippen LogP contribution in [-0.2, 0) is 35.5 Å². The van der Waals surface area contributed by atoms with E-state index < -0.39 is 18.3 Å². The van der Waals surface area contributed by atoms with Gasteiger partial charge in [0.05, 0.1) is 0 Å². The molecule has 6 aromatic rings. The van der Waals surface area contributed by atoms with Crippen LogP contribution >= 0.6 is 24.8 Å². The van der Waals surface area contributed by atoms with Gasteiger partial charge in [0.2, 0.25) is 0 Å². The van der Waals surface area contributed by atoms with Gasteiger partial charge >= 0.3 is 340 Å². The van der Waals surface area contributed by atoms with E-state index in [0.717, 1.165) is 6.42 Å². The van der Waals surface area contributed by atoms with Crippen molar-refractivity contribution in [2.24, 2.45) is 11.3 Å². The summed E-state index contributed by atoms with van der Waals surface area (Å²) < 4.78 is 13.1. The Hall–Kier alpha value is -3.61. The van der Waals surface area contributed by atoms with Gasteiger partial charge in [-0.05, 0) is 0 Å². The third-order valence-corrected chi connectivity index (χ3v) is 27.8. The Balaban J connectivity index is 0.00000283. The minimum absolute atomic E-state index is 0. The quantitative estimate of drug-likeness (QED) is 0.162. The van der Waals surface area contributed by atoms with Gasteiger partial charge in [-0.1, -0.05) is 0 Å². The number of benzene rings is 6. The van der Waals surface area contributed by atoms with Crippen molar-refractivity contribution in [1.29, 1.82) is 0 Å². The monoisotopic (exact) mass is 882 g/mol. The fourth-order valence-electron chi connectivity index (χ4n) is 10.1. The van der Waals surface area contributed by atoms with Gasteiger partial charge in [0, 0.05) is 0 Å². The summed E-state index contributed by atoms with van der Waals surface area (Å²) in [5.41, 5.74) is 15.2. The maximum atomic E-state index is 5.88. The Morgan fingerprint density at radius 1 is 0.569 bits per heavy atom. The fraction of sp³-hybridized carbons (Fsp3) is 0.291. The zero-order valence-electron chi connectivity index (χ0n) is 36.5. The first-order chi connectivity index (χ1) is 26.3. The van der Waals surface area contributed by atoms with Crippen LogP contribution in [0.3, 0.4) is 0 Å². The molecule has 0 heterocycles. The third kappa shape index (κ3) is 7.23. The first kappa shape index (κ1) is 44.0. The summed E-state index contributed by atoms with van der Waals surface area (Å²) in [6.07, 6.45) is 6.08. The van der Waals surface area contributed by atoms with Crippen LogP contribution in [0.4, 0.5) is 0 Å². The van der Waals surface area contributed by atoms with Gasteiger partial charge in [0.25, 0.3) is 0 Å². The molecule has 2 aliphatic carbocycles. The van der Waals surface area contributed by atoms with Crippen LogP contribution in [0.15, 0.2) is 142 Å². The predicted octanol–water partition coefficient (Wildman–Crippen LogP) is 14.8. The molecule has 0 fully saturated rings. The molecule has 0 saturated carbocycles. The van der Waals surface area contributed by atoms with E-state index in [1.54, 1.807) is 6.55 Å². The molecule has 1 atom stereocenters. The van der Waals surface area contributed by atoms with E-state index in [2.05, 4.69) is 207 Å². The first-order valence-electron chi connectivity index (χ1n) is 20.7. The zero-order valence-corrected chi connectivity index (χ0v) is 40.6. The Morgan fingerprint density at radius 2 is 1.12 bits per heavy atom. The zero-order chi connectivity index (χ0) is 40.0. The predicted molar refractivity (Wildman–Crippen MR) is 258 cm³/mol. The van der Waals surface area contributed by atoms with Gasteiger partial charge in [-0.2, -0.15) is 0 Å². The van der Waals surface area contributed by atoms with Crippen LogP contribution in [0.2, 0.25) is 4.63 Å². The van der Waals surface area contributed by atoms with Crippen molar-refractivity contribution in [3.05, 3.63) is 165 Å². The van der Waals surface area contributed by atoms with Gasteiger partial charge in [0.15, 0.2) is 0 Å². The maximum absolute atomic E-state index is 5.88. The molecule has 0 nitrogen and oxygen atoms in total. The van der Waals surface area contributed by atoms with Crippen molar-refractivity contribution >= 4 is 46.3 Å². The molecule has 0 saturated heterocycles. The standard InChI is InChI=1S/C33H33.C10H7.C10H15.CH3.CH2.2ClH.Zr/c1-32(2,3)30-20-26-24(18-28(30)22-13-9-7-10-14-22)17-25-19-29(23-15-11-8-12-16-23)31(21-27(25)26)33(4,5)6;1-2-6-10-8-4-3-7-9(10)5-1;1-8-5-6-9(7-8)10(2,3)4;;;;;/h7-16,18,20-21H,17H2,1-6H3;1-3,5-8H;6-8H,1-4H3;1H3;1H2;2*1H;. The molecule has 58 heavy (non-hydrogen) atoms. The first-order valence-corrected chi connectivity index (χ1v) is 28.6. The summed E-state index contributed by atoms with van der Waals surface area (Å²) in [5.74, 6) is 0.280. The Morgan fingerprint density at radius 3 is 1.69 bits per heavy atom. The molecule has 0 aliphatic heterocycles. The average Bonchev–Trinajstić information content (AvgIpc) is 3.74. The van der Waals surface area contributed by atoms with Crippen molar-refractivity contribution in [1.82, 2.24) is 0 Å². The van der Waals surface area contributed by atoms with Gasteiger partial charge in [0.1, 0.15) is 0 Å². The van der Waals surface area contributed by atoms with Crippen LogP contribution in [0, 0.1) is 11.3 Å². The summed E-state index contributed by atoms with van der Waals surface area (Å²) in [6, 6.07) is 46.3.